The van der Waals surface area contributed by atoms with Crippen molar-refractivity contribution in [3.8, 4) is 0 Å². The van der Waals surface area contributed by atoms with Gasteiger partial charge in [0, 0.05) is 16.8 Å². The van der Waals surface area contributed by atoms with Crippen LogP contribution in [-0.2, 0) is 0 Å². The fraction of sp³-hybridized carbons (Fsp3) is 0.200. The third-order valence-electron chi connectivity index (χ3n) is 2.22. The molecule has 2 rings (SSSR count). The van der Waals surface area contributed by atoms with Gasteiger partial charge in [0.05, 0.1) is 6.26 Å². The fourth-order valence-electron chi connectivity index (χ4n) is 1.54. The summed E-state index contributed by atoms with van der Waals surface area (Å²) in [6.07, 6.45) is 3.26. The van der Waals surface area contributed by atoms with Crippen LogP contribution in [0, 0.1) is 10.1 Å². The molecule has 0 amide bonds. The van der Waals surface area contributed by atoms with Crippen LogP contribution in [0.4, 0.5) is 0 Å². The Bertz CT molecular complexity index is 385. The van der Waals surface area contributed by atoms with Crippen LogP contribution in [0.25, 0.3) is 0 Å². The quantitative estimate of drug-likeness (QED) is 0.614. The average Bonchev–Trinajstić information content (AvgIpc) is 2.87. The summed E-state index contributed by atoms with van der Waals surface area (Å²) in [7, 11) is 0. The third kappa shape index (κ3) is 2.07. The summed E-state index contributed by atoms with van der Waals surface area (Å²) in [6, 6.07) is 7.10. The minimum absolute atomic E-state index is 0.173. The molecule has 1 N–H and O–H groups in total. The minimum atomic E-state index is -0.343. The summed E-state index contributed by atoms with van der Waals surface area (Å²) in [5.74, 6) is 0.263. The van der Waals surface area contributed by atoms with Gasteiger partial charge in [0.25, 0.3) is 0 Å². The van der Waals surface area contributed by atoms with Gasteiger partial charge in [-0.3, -0.25) is 10.1 Å². The maximum absolute atomic E-state index is 10.6. The normalized spacial score (nSPS) is 12.5. The van der Waals surface area contributed by atoms with Crippen molar-refractivity contribution >= 4 is 0 Å². The summed E-state index contributed by atoms with van der Waals surface area (Å²) >= 11 is 0. The summed E-state index contributed by atoms with van der Waals surface area (Å²) < 4.78 is 5.20. The molecule has 2 heterocycles. The van der Waals surface area contributed by atoms with Crippen molar-refractivity contribution < 1.29 is 9.34 Å². The van der Waals surface area contributed by atoms with E-state index in [1.165, 1.54) is 6.26 Å². The molecule has 0 aliphatic carbocycles. The maximum Gasteiger partial charge on any atom is 0.219 e. The van der Waals surface area contributed by atoms with Gasteiger partial charge in [0.1, 0.15) is 11.7 Å². The molecule has 78 valence electrons. The lowest BCUT2D eigenvalue weighted by atomic mass is 10.0. The molecule has 0 saturated heterocycles. The molecular formula is C10H10N2O3. The Morgan fingerprint density at radius 1 is 1.47 bits per heavy atom. The zero-order valence-corrected chi connectivity index (χ0v) is 7.92. The van der Waals surface area contributed by atoms with Crippen LogP contribution in [-0.4, -0.2) is 16.5 Å². The van der Waals surface area contributed by atoms with Crippen LogP contribution >= 0.6 is 0 Å². The Kier molecular flexibility index (Phi) is 2.53. The lowest BCUT2D eigenvalue weighted by Crippen LogP contribution is -2.13. The standard InChI is InChI=1S/C10H10N2O3/c13-12(14)7-8(9-3-1-5-11-9)10-4-2-6-15-10/h1-6,8,11H,7H2/t8-/m0/s1. The highest BCUT2D eigenvalue weighted by molar-refractivity contribution is 5.21. The lowest BCUT2D eigenvalue weighted by molar-refractivity contribution is -0.482. The molecule has 15 heavy (non-hydrogen) atoms. The van der Waals surface area contributed by atoms with Crippen molar-refractivity contribution in [2.45, 2.75) is 5.92 Å². The topological polar surface area (TPSA) is 72.1 Å². The highest BCUT2D eigenvalue weighted by Crippen LogP contribution is 2.23. The first-order valence-corrected chi connectivity index (χ1v) is 4.56. The van der Waals surface area contributed by atoms with Gasteiger partial charge in [-0.05, 0) is 24.3 Å². The van der Waals surface area contributed by atoms with Gasteiger partial charge >= 0.3 is 0 Å². The number of aromatic amines is 1. The molecule has 0 bridgehead atoms. The minimum Gasteiger partial charge on any atom is -0.468 e. The van der Waals surface area contributed by atoms with E-state index < -0.39 is 0 Å². The van der Waals surface area contributed by atoms with E-state index in [9.17, 15) is 10.1 Å². The van der Waals surface area contributed by atoms with Gasteiger partial charge < -0.3 is 9.40 Å². The van der Waals surface area contributed by atoms with Crippen molar-refractivity contribution in [3.63, 3.8) is 0 Å². The number of rotatable bonds is 4. The molecule has 0 saturated carbocycles. The molecular weight excluding hydrogens is 196 g/mol. The van der Waals surface area contributed by atoms with Gasteiger partial charge in [-0.2, -0.15) is 0 Å². The second-order valence-corrected chi connectivity index (χ2v) is 3.21. The first-order chi connectivity index (χ1) is 7.27. The zero-order valence-electron chi connectivity index (χ0n) is 7.92. The van der Waals surface area contributed by atoms with Crippen molar-refractivity contribution in [2.75, 3.05) is 6.54 Å². The van der Waals surface area contributed by atoms with Gasteiger partial charge in [-0.1, -0.05) is 0 Å². The van der Waals surface area contributed by atoms with E-state index in [-0.39, 0.29) is 17.4 Å². The van der Waals surface area contributed by atoms with E-state index in [0.29, 0.717) is 5.76 Å². The SMILES string of the molecule is O=[N+]([O-])C[C@@H](c1ccc[nH]1)c1ccco1. The number of nitro groups is 1. The highest BCUT2D eigenvalue weighted by Gasteiger charge is 2.23. The lowest BCUT2D eigenvalue weighted by Gasteiger charge is -2.07. The zero-order chi connectivity index (χ0) is 10.7. The van der Waals surface area contributed by atoms with Crippen LogP contribution in [0.2, 0.25) is 0 Å². The molecule has 0 radical (unpaired) electrons. The van der Waals surface area contributed by atoms with Crippen LogP contribution in [0.15, 0.2) is 41.1 Å². The molecule has 5 heteroatoms. The van der Waals surface area contributed by atoms with Crippen LogP contribution in [0.5, 0.6) is 0 Å². The van der Waals surface area contributed by atoms with Crippen LogP contribution in [0.3, 0.4) is 0 Å². The summed E-state index contributed by atoms with van der Waals surface area (Å²) in [5.41, 5.74) is 0.793. The predicted molar refractivity (Wildman–Crippen MR) is 53.2 cm³/mol. The first-order valence-electron chi connectivity index (χ1n) is 4.56. The number of nitrogens with zero attached hydrogens (tertiary/aromatic N) is 1. The molecule has 2 aromatic heterocycles. The highest BCUT2D eigenvalue weighted by atomic mass is 16.6. The van der Waals surface area contributed by atoms with Crippen molar-refractivity contribution in [1.29, 1.82) is 0 Å². The van der Waals surface area contributed by atoms with Crippen molar-refractivity contribution in [3.05, 3.63) is 58.3 Å². The van der Waals surface area contributed by atoms with E-state index in [4.69, 9.17) is 4.42 Å². The number of furan rings is 1. The van der Waals surface area contributed by atoms with E-state index in [1.807, 2.05) is 12.1 Å². The summed E-state index contributed by atoms with van der Waals surface area (Å²) in [5, 5.41) is 10.6. The molecule has 0 aliphatic rings. The molecule has 0 aliphatic heterocycles. The molecule has 5 nitrogen and oxygen atoms in total. The third-order valence-corrected chi connectivity index (χ3v) is 2.22. The molecule has 1 atom stereocenters. The van der Waals surface area contributed by atoms with E-state index in [0.717, 1.165) is 5.69 Å². The van der Waals surface area contributed by atoms with Crippen molar-refractivity contribution in [1.82, 2.24) is 4.98 Å². The van der Waals surface area contributed by atoms with Crippen LogP contribution < -0.4 is 0 Å². The first kappa shape index (κ1) is 9.51. The van der Waals surface area contributed by atoms with E-state index >= 15 is 0 Å². The molecule has 0 unspecified atom stereocenters. The van der Waals surface area contributed by atoms with E-state index in [2.05, 4.69) is 4.98 Å². The number of aromatic nitrogens is 1. The number of hydrogen-bond acceptors (Lipinski definition) is 3. The average molecular weight is 206 g/mol. The van der Waals surface area contributed by atoms with Gasteiger partial charge in [0.2, 0.25) is 6.54 Å². The van der Waals surface area contributed by atoms with Gasteiger partial charge in [0.15, 0.2) is 0 Å². The van der Waals surface area contributed by atoms with E-state index in [1.54, 1.807) is 18.3 Å². The van der Waals surface area contributed by atoms with Crippen LogP contribution in [0.1, 0.15) is 17.4 Å². The fourth-order valence-corrected chi connectivity index (χ4v) is 1.54. The van der Waals surface area contributed by atoms with Gasteiger partial charge in [-0.25, -0.2) is 0 Å². The maximum atomic E-state index is 10.6. The smallest absolute Gasteiger partial charge is 0.219 e. The Hall–Kier alpha value is -2.04. The largest absolute Gasteiger partial charge is 0.468 e. The Morgan fingerprint density at radius 2 is 2.33 bits per heavy atom. The van der Waals surface area contributed by atoms with Gasteiger partial charge in [-0.15, -0.1) is 0 Å². The Morgan fingerprint density at radius 3 is 2.87 bits per heavy atom. The van der Waals surface area contributed by atoms with Crippen molar-refractivity contribution in [2.24, 2.45) is 0 Å². The number of H-pyrrole nitrogens is 1. The molecule has 0 aromatic carbocycles. The number of nitrogens with one attached hydrogen (secondary N) is 1. The Balaban J connectivity index is 2.29. The molecule has 2 aromatic rings. The summed E-state index contributed by atoms with van der Waals surface area (Å²) in [4.78, 5) is 13.2. The molecule has 0 fully saturated rings. The molecule has 0 spiro atoms. The predicted octanol–water partition coefficient (Wildman–Crippen LogP) is 2.02. The Labute approximate surface area is 85.9 Å². The summed E-state index contributed by atoms with van der Waals surface area (Å²) in [6.45, 7) is -0.173. The second kappa shape index (κ2) is 4.00. The second-order valence-electron chi connectivity index (χ2n) is 3.21. The monoisotopic (exact) mass is 206 g/mol. The number of hydrogen-bond donors (Lipinski definition) is 1.